The zero-order valence-electron chi connectivity index (χ0n) is 18.3. The third-order valence-electron chi connectivity index (χ3n) is 5.60. The van der Waals surface area contributed by atoms with Gasteiger partial charge < -0.3 is 15.0 Å². The number of ether oxygens (including phenoxy) is 1. The minimum atomic E-state index is -5.27. The summed E-state index contributed by atoms with van der Waals surface area (Å²) in [5.74, 6) is -3.53. The number of nitrogens with one attached hydrogen (secondary N) is 1. The van der Waals surface area contributed by atoms with E-state index in [0.29, 0.717) is 0 Å². The Morgan fingerprint density at radius 1 is 1.06 bits per heavy atom. The van der Waals surface area contributed by atoms with Crippen LogP contribution in [0.1, 0.15) is 29.8 Å². The summed E-state index contributed by atoms with van der Waals surface area (Å²) in [6.45, 7) is 2.14. The van der Waals surface area contributed by atoms with E-state index in [1.54, 1.807) is 36.4 Å². The predicted molar refractivity (Wildman–Crippen MR) is 114 cm³/mol. The van der Waals surface area contributed by atoms with E-state index >= 15 is 0 Å². The van der Waals surface area contributed by atoms with Gasteiger partial charge in [-0.2, -0.15) is 13.2 Å². The fourth-order valence-corrected chi connectivity index (χ4v) is 4.06. The van der Waals surface area contributed by atoms with Gasteiger partial charge in [-0.05, 0) is 38.0 Å². The van der Waals surface area contributed by atoms with Gasteiger partial charge in [0.2, 0.25) is 5.54 Å². The van der Waals surface area contributed by atoms with Crippen LogP contribution in [-0.2, 0) is 16.0 Å². The van der Waals surface area contributed by atoms with Crippen molar-refractivity contribution in [2.45, 2.75) is 32.0 Å². The van der Waals surface area contributed by atoms with Crippen LogP contribution in [0.5, 0.6) is 5.75 Å². The average molecular weight is 460 g/mol. The zero-order valence-corrected chi connectivity index (χ0v) is 18.3. The van der Waals surface area contributed by atoms with Crippen molar-refractivity contribution in [3.63, 3.8) is 0 Å². The molecule has 2 aromatic carbocycles. The molecule has 1 aliphatic rings. The molecule has 0 aliphatic carbocycles. The molecule has 0 radical (unpaired) electrons. The normalized spacial score (nSPS) is 18.5. The number of hydrogen-bond acceptors (Lipinski definition) is 4. The molecule has 174 valence electrons. The Bertz CT molecular complexity index is 1110. The number of rotatable bonds is 7. The molecule has 1 aliphatic heterocycles. The highest BCUT2D eigenvalue weighted by Crippen LogP contribution is 2.45. The van der Waals surface area contributed by atoms with Gasteiger partial charge in [-0.3, -0.25) is 14.4 Å². The summed E-state index contributed by atoms with van der Waals surface area (Å²) < 4.78 is 48.8. The molecule has 1 heterocycles. The van der Waals surface area contributed by atoms with Crippen molar-refractivity contribution in [3.05, 3.63) is 77.0 Å². The van der Waals surface area contributed by atoms with Crippen LogP contribution >= 0.6 is 0 Å². The van der Waals surface area contributed by atoms with Gasteiger partial charge in [0, 0.05) is 12.2 Å². The molecule has 6 nitrogen and oxygen atoms in total. The Labute approximate surface area is 189 Å². The smallest absolute Gasteiger partial charge is 0.425 e. The summed E-state index contributed by atoms with van der Waals surface area (Å²) in [6, 6.07) is 14.6. The molecule has 3 rings (SSSR count). The van der Waals surface area contributed by atoms with Crippen LogP contribution in [0.4, 0.5) is 13.2 Å². The fraction of sp³-hybridized carbons (Fsp3) is 0.292. The van der Waals surface area contributed by atoms with E-state index in [1.807, 2.05) is 5.32 Å². The van der Waals surface area contributed by atoms with Crippen molar-refractivity contribution < 1.29 is 32.3 Å². The molecule has 0 aromatic heterocycles. The number of nitrogens with zero attached hydrogens (tertiary/aromatic N) is 1. The van der Waals surface area contributed by atoms with Crippen molar-refractivity contribution >= 4 is 17.6 Å². The lowest BCUT2D eigenvalue weighted by molar-refractivity contribution is -0.190. The van der Waals surface area contributed by atoms with Gasteiger partial charge >= 0.3 is 6.18 Å². The van der Waals surface area contributed by atoms with Gasteiger partial charge in [0.1, 0.15) is 5.75 Å². The van der Waals surface area contributed by atoms with E-state index in [0.717, 1.165) is 17.4 Å². The van der Waals surface area contributed by atoms with Gasteiger partial charge in [-0.15, -0.1) is 0 Å². The molecule has 33 heavy (non-hydrogen) atoms. The number of para-hydroxylation sites is 1. The van der Waals surface area contributed by atoms with Crippen LogP contribution < -0.4 is 10.1 Å². The quantitative estimate of drug-likeness (QED) is 0.684. The number of benzene rings is 2. The van der Waals surface area contributed by atoms with Crippen LogP contribution in [0.2, 0.25) is 0 Å². The van der Waals surface area contributed by atoms with Gasteiger partial charge in [-0.25, -0.2) is 0 Å². The number of ketones is 1. The van der Waals surface area contributed by atoms with Crippen molar-refractivity contribution in [2.24, 2.45) is 0 Å². The number of carbonyl (C=O) groups is 3. The maximum atomic E-state index is 14.6. The predicted octanol–water partition coefficient (Wildman–Crippen LogP) is 3.67. The van der Waals surface area contributed by atoms with E-state index < -0.39 is 34.9 Å². The molecule has 0 saturated heterocycles. The molecule has 2 aromatic rings. The van der Waals surface area contributed by atoms with E-state index in [9.17, 15) is 27.6 Å². The SMILES string of the molecule is COc1ccccc1C(=O)N[C@@]1(C(F)(F)F)C(=O)N(CCc2ccccc2)C(C)=C1C(C)=O. The number of hydrogen-bond donors (Lipinski definition) is 1. The molecule has 9 heteroatoms. The zero-order chi connectivity index (χ0) is 24.4. The summed E-state index contributed by atoms with van der Waals surface area (Å²) in [7, 11) is 1.27. The molecular weight excluding hydrogens is 437 g/mol. The number of carbonyl (C=O) groups excluding carboxylic acids is 3. The highest BCUT2D eigenvalue weighted by molar-refractivity contribution is 6.13. The van der Waals surface area contributed by atoms with Crippen molar-refractivity contribution in [1.29, 1.82) is 0 Å². The van der Waals surface area contributed by atoms with E-state index in [-0.39, 0.29) is 30.0 Å². The number of halogens is 3. The first-order valence-corrected chi connectivity index (χ1v) is 10.1. The van der Waals surface area contributed by atoms with Crippen molar-refractivity contribution in [2.75, 3.05) is 13.7 Å². The first-order valence-electron chi connectivity index (χ1n) is 10.1. The topological polar surface area (TPSA) is 75.7 Å². The highest BCUT2D eigenvalue weighted by Gasteiger charge is 2.69. The summed E-state index contributed by atoms with van der Waals surface area (Å²) in [6.07, 6.45) is -5.00. The monoisotopic (exact) mass is 460 g/mol. The molecule has 0 saturated carbocycles. The second-order valence-corrected chi connectivity index (χ2v) is 7.61. The summed E-state index contributed by atoms with van der Waals surface area (Å²) in [5, 5.41) is 1.85. The van der Waals surface area contributed by atoms with Crippen LogP contribution in [0, 0.1) is 0 Å². The minimum Gasteiger partial charge on any atom is -0.496 e. The van der Waals surface area contributed by atoms with Gasteiger partial charge in [0.15, 0.2) is 5.78 Å². The first kappa shape index (κ1) is 24.0. The molecule has 0 spiro atoms. The summed E-state index contributed by atoms with van der Waals surface area (Å²) >= 11 is 0. The summed E-state index contributed by atoms with van der Waals surface area (Å²) in [4.78, 5) is 39.6. The van der Waals surface area contributed by atoms with Crippen molar-refractivity contribution in [3.8, 4) is 5.75 Å². The van der Waals surface area contributed by atoms with Crippen LogP contribution in [0.3, 0.4) is 0 Å². The minimum absolute atomic E-state index is 0.0313. The Kier molecular flexibility index (Phi) is 6.62. The van der Waals surface area contributed by atoms with E-state index in [2.05, 4.69) is 0 Å². The Hall–Kier alpha value is -3.62. The third kappa shape index (κ3) is 4.22. The van der Waals surface area contributed by atoms with Crippen LogP contribution in [-0.4, -0.2) is 47.9 Å². The molecule has 0 fully saturated rings. The Morgan fingerprint density at radius 2 is 1.67 bits per heavy atom. The van der Waals surface area contributed by atoms with Gasteiger partial charge in [0.05, 0.1) is 18.2 Å². The average Bonchev–Trinajstić information content (AvgIpc) is 2.99. The van der Waals surface area contributed by atoms with Crippen LogP contribution in [0.25, 0.3) is 0 Å². The largest absolute Gasteiger partial charge is 0.496 e. The van der Waals surface area contributed by atoms with Gasteiger partial charge in [0.25, 0.3) is 11.8 Å². The second kappa shape index (κ2) is 9.09. The molecule has 1 N–H and O–H groups in total. The number of allylic oxidation sites excluding steroid dienone is 1. The Balaban J connectivity index is 2.06. The van der Waals surface area contributed by atoms with Gasteiger partial charge in [-0.1, -0.05) is 42.5 Å². The molecule has 2 amide bonds. The van der Waals surface area contributed by atoms with Crippen molar-refractivity contribution in [1.82, 2.24) is 10.2 Å². The standard InChI is InChI=1S/C24H23F3N2O4/c1-15-20(16(2)30)23(24(25,26)27,28-21(31)18-11-7-8-12-19(18)33-3)22(32)29(15)14-13-17-9-5-4-6-10-17/h4-12H,13-14H2,1-3H3,(H,28,31)/t23-/m1/s1. The highest BCUT2D eigenvalue weighted by atomic mass is 19.4. The molecule has 0 unspecified atom stereocenters. The lowest BCUT2D eigenvalue weighted by Gasteiger charge is -2.33. The maximum Gasteiger partial charge on any atom is 0.425 e. The molecular formula is C24H23F3N2O4. The fourth-order valence-electron chi connectivity index (χ4n) is 4.06. The Morgan fingerprint density at radius 3 is 2.24 bits per heavy atom. The third-order valence-corrected chi connectivity index (χ3v) is 5.60. The lowest BCUT2D eigenvalue weighted by atomic mass is 9.86. The lowest BCUT2D eigenvalue weighted by Crippen LogP contribution is -2.66. The molecule has 1 atom stereocenters. The number of Topliss-reactive ketones (excluding diaryl/α,β-unsaturated/α-hetero) is 1. The number of amides is 2. The van der Waals surface area contributed by atoms with E-state index in [4.69, 9.17) is 4.74 Å². The number of alkyl halides is 3. The summed E-state index contributed by atoms with van der Waals surface area (Å²) in [5.41, 5.74) is -3.82. The first-order chi connectivity index (χ1) is 15.5. The second-order valence-electron chi connectivity index (χ2n) is 7.61. The van der Waals surface area contributed by atoms with Crippen LogP contribution in [0.15, 0.2) is 65.9 Å². The maximum absolute atomic E-state index is 14.6. The molecule has 0 bridgehead atoms. The van der Waals surface area contributed by atoms with E-state index in [1.165, 1.54) is 32.2 Å². The number of methoxy groups -OCH3 is 1.